The van der Waals surface area contributed by atoms with Gasteiger partial charge in [0.1, 0.15) is 6.04 Å². The number of alkyl halides is 6. The third-order valence-electron chi connectivity index (χ3n) is 9.20. The molecule has 2 N–H and O–H groups in total. The van der Waals surface area contributed by atoms with Gasteiger partial charge in [0.25, 0.3) is 5.91 Å². The molecule has 260 valence electrons. The molecule has 1 aromatic heterocycles. The van der Waals surface area contributed by atoms with Crippen molar-refractivity contribution in [2.45, 2.75) is 76.4 Å². The minimum Gasteiger partial charge on any atom is -0.361 e. The topological polar surface area (TPSA) is 88.8 Å². The standard InChI is InChI=1S/C34H39F6N5O3/c1-22(46)45(20-23-15-25(33(35,36)37)18-26(16-23)34(38,39)40)32(48)30(17-24-19-41-29-8-4-3-7-28(24)29)42-31(47)21-43-13-9-27(10-14-43)44-11-5-2-6-12-44/h3-4,7-8,15-16,18-19,27,30,41H,2,5-6,9-14,17,20-21H2,1H3,(H,42,47). The number of benzene rings is 2. The molecule has 5 rings (SSSR count). The van der Waals surface area contributed by atoms with Crippen LogP contribution in [0.1, 0.15) is 61.3 Å². The lowest BCUT2D eigenvalue weighted by atomic mass is 10.00. The van der Waals surface area contributed by atoms with Crippen LogP contribution < -0.4 is 5.32 Å². The third-order valence-corrected chi connectivity index (χ3v) is 9.20. The number of nitrogens with zero attached hydrogens (tertiary/aromatic N) is 3. The summed E-state index contributed by atoms with van der Waals surface area (Å²) in [7, 11) is 0. The molecular formula is C34H39F6N5O3. The number of likely N-dealkylation sites (tertiary alicyclic amines) is 2. The number of nitrogens with one attached hydrogen (secondary N) is 2. The predicted molar refractivity (Wildman–Crippen MR) is 166 cm³/mol. The van der Waals surface area contributed by atoms with Gasteiger partial charge in [-0.1, -0.05) is 24.6 Å². The van der Waals surface area contributed by atoms with Crippen LogP contribution in [-0.4, -0.2) is 82.2 Å². The van der Waals surface area contributed by atoms with Gasteiger partial charge in [-0.05, 0) is 74.2 Å². The van der Waals surface area contributed by atoms with E-state index in [1.54, 1.807) is 18.3 Å². The Morgan fingerprint density at radius 1 is 0.917 bits per heavy atom. The number of carbonyl (C=O) groups excluding carboxylic acids is 3. The van der Waals surface area contributed by atoms with Crippen LogP contribution in [0.3, 0.4) is 0 Å². The summed E-state index contributed by atoms with van der Waals surface area (Å²) in [6, 6.07) is 7.30. The summed E-state index contributed by atoms with van der Waals surface area (Å²) in [5.74, 6) is -2.33. The number of carbonyl (C=O) groups is 3. The van der Waals surface area contributed by atoms with E-state index in [4.69, 9.17) is 0 Å². The van der Waals surface area contributed by atoms with E-state index in [2.05, 4.69) is 15.2 Å². The molecule has 1 unspecified atom stereocenters. The lowest BCUT2D eigenvalue weighted by Crippen LogP contribution is -2.54. The minimum atomic E-state index is -5.10. The van der Waals surface area contributed by atoms with Crippen molar-refractivity contribution in [1.29, 1.82) is 0 Å². The Bertz CT molecular complexity index is 1570. The summed E-state index contributed by atoms with van der Waals surface area (Å²) in [6.45, 7) is 3.66. The Morgan fingerprint density at radius 3 is 2.15 bits per heavy atom. The van der Waals surface area contributed by atoms with E-state index in [0.717, 1.165) is 43.8 Å². The highest BCUT2D eigenvalue weighted by molar-refractivity contribution is 5.99. The molecule has 0 aliphatic carbocycles. The van der Waals surface area contributed by atoms with Crippen molar-refractivity contribution < 1.29 is 40.7 Å². The zero-order chi connectivity index (χ0) is 34.6. The molecule has 2 fully saturated rings. The number of H-pyrrole nitrogens is 1. The normalized spacial score (nSPS) is 17.7. The first-order valence-electron chi connectivity index (χ1n) is 16.1. The van der Waals surface area contributed by atoms with Crippen LogP contribution in [0.15, 0.2) is 48.7 Å². The molecule has 1 atom stereocenters. The van der Waals surface area contributed by atoms with Gasteiger partial charge in [0.2, 0.25) is 11.8 Å². The van der Waals surface area contributed by atoms with Crippen molar-refractivity contribution in [3.8, 4) is 0 Å². The molecule has 8 nitrogen and oxygen atoms in total. The first-order chi connectivity index (χ1) is 22.7. The molecule has 2 aromatic carbocycles. The number of para-hydroxylation sites is 1. The maximum absolute atomic E-state index is 14.0. The second-order valence-corrected chi connectivity index (χ2v) is 12.6. The van der Waals surface area contributed by atoms with E-state index in [1.165, 1.54) is 19.3 Å². The lowest BCUT2D eigenvalue weighted by molar-refractivity contribution is -0.147. The molecule has 48 heavy (non-hydrogen) atoms. The Balaban J connectivity index is 1.36. The van der Waals surface area contributed by atoms with E-state index in [-0.39, 0.29) is 19.0 Å². The number of aromatic nitrogens is 1. The van der Waals surface area contributed by atoms with Crippen molar-refractivity contribution in [2.24, 2.45) is 0 Å². The maximum Gasteiger partial charge on any atom is 0.416 e. The van der Waals surface area contributed by atoms with Crippen molar-refractivity contribution in [1.82, 2.24) is 25.0 Å². The van der Waals surface area contributed by atoms with Crippen LogP contribution in [0.4, 0.5) is 26.3 Å². The number of halogens is 6. The summed E-state index contributed by atoms with van der Waals surface area (Å²) in [4.78, 5) is 48.3. The summed E-state index contributed by atoms with van der Waals surface area (Å²) in [6.07, 6.45) is -3.21. The van der Waals surface area contributed by atoms with Crippen LogP contribution in [0.2, 0.25) is 0 Å². The van der Waals surface area contributed by atoms with Gasteiger partial charge in [-0.15, -0.1) is 0 Å². The number of rotatable bonds is 9. The van der Waals surface area contributed by atoms with Crippen molar-refractivity contribution in [3.05, 3.63) is 70.9 Å². The van der Waals surface area contributed by atoms with Crippen molar-refractivity contribution in [3.63, 3.8) is 0 Å². The van der Waals surface area contributed by atoms with Gasteiger partial charge in [0.05, 0.1) is 24.2 Å². The fraction of sp³-hybridized carbons (Fsp3) is 0.500. The van der Waals surface area contributed by atoms with E-state index in [0.29, 0.717) is 41.7 Å². The Morgan fingerprint density at radius 2 is 1.54 bits per heavy atom. The van der Waals surface area contributed by atoms with E-state index < -0.39 is 59.4 Å². The zero-order valence-electron chi connectivity index (χ0n) is 26.6. The number of piperidine rings is 2. The first-order valence-corrected chi connectivity index (χ1v) is 16.1. The summed E-state index contributed by atoms with van der Waals surface area (Å²) in [5, 5.41) is 3.48. The van der Waals surface area contributed by atoms with Gasteiger partial charge in [-0.25, -0.2) is 0 Å². The van der Waals surface area contributed by atoms with Gasteiger partial charge in [-0.3, -0.25) is 24.2 Å². The molecule has 3 aromatic rings. The molecule has 0 bridgehead atoms. The second kappa shape index (κ2) is 14.7. The second-order valence-electron chi connectivity index (χ2n) is 12.6. The number of hydrogen-bond donors (Lipinski definition) is 2. The predicted octanol–water partition coefficient (Wildman–Crippen LogP) is 5.76. The van der Waals surface area contributed by atoms with Crippen LogP contribution >= 0.6 is 0 Å². The molecule has 3 amide bonds. The fourth-order valence-electron chi connectivity index (χ4n) is 6.72. The molecule has 14 heteroatoms. The highest BCUT2D eigenvalue weighted by atomic mass is 19.4. The molecule has 2 saturated heterocycles. The average molecular weight is 680 g/mol. The van der Waals surface area contributed by atoms with Crippen LogP contribution in [0.5, 0.6) is 0 Å². The molecule has 3 heterocycles. The van der Waals surface area contributed by atoms with Crippen molar-refractivity contribution >= 4 is 28.6 Å². The third kappa shape index (κ3) is 8.76. The van der Waals surface area contributed by atoms with Gasteiger partial charge >= 0.3 is 12.4 Å². The quantitative estimate of drug-likeness (QED) is 0.281. The van der Waals surface area contributed by atoms with Gasteiger partial charge in [0, 0.05) is 49.6 Å². The fourth-order valence-corrected chi connectivity index (χ4v) is 6.72. The molecule has 2 aliphatic rings. The molecular weight excluding hydrogens is 640 g/mol. The lowest BCUT2D eigenvalue weighted by Gasteiger charge is -2.40. The SMILES string of the molecule is CC(=O)N(Cc1cc(C(F)(F)F)cc(C(F)(F)F)c1)C(=O)C(Cc1c[nH]c2ccccc12)NC(=O)CN1CCC(N2CCCCC2)CC1. The Hall–Kier alpha value is -3.91. The van der Waals surface area contributed by atoms with E-state index >= 15 is 0 Å². The highest BCUT2D eigenvalue weighted by Crippen LogP contribution is 2.36. The van der Waals surface area contributed by atoms with E-state index in [1.807, 2.05) is 17.0 Å². The zero-order valence-corrected chi connectivity index (χ0v) is 26.6. The highest BCUT2D eigenvalue weighted by Gasteiger charge is 2.38. The van der Waals surface area contributed by atoms with Crippen LogP contribution in [0.25, 0.3) is 10.9 Å². The number of aromatic amines is 1. The Kier molecular flexibility index (Phi) is 10.8. The summed E-state index contributed by atoms with van der Waals surface area (Å²) < 4.78 is 81.2. The molecule has 2 aliphatic heterocycles. The monoisotopic (exact) mass is 679 g/mol. The molecule has 0 radical (unpaired) electrons. The summed E-state index contributed by atoms with van der Waals surface area (Å²) in [5.41, 5.74) is -2.26. The first kappa shape index (κ1) is 35.4. The van der Waals surface area contributed by atoms with Gasteiger partial charge in [-0.2, -0.15) is 26.3 Å². The van der Waals surface area contributed by atoms with Crippen LogP contribution in [0, 0.1) is 0 Å². The molecule has 0 saturated carbocycles. The summed E-state index contributed by atoms with van der Waals surface area (Å²) >= 11 is 0. The molecule has 0 spiro atoms. The van der Waals surface area contributed by atoms with Crippen LogP contribution in [-0.2, 0) is 39.7 Å². The number of amides is 3. The maximum atomic E-state index is 14.0. The largest absolute Gasteiger partial charge is 0.416 e. The minimum absolute atomic E-state index is 0.00692. The van der Waals surface area contributed by atoms with Gasteiger partial charge < -0.3 is 15.2 Å². The number of imide groups is 1. The number of hydrogen-bond acceptors (Lipinski definition) is 5. The smallest absolute Gasteiger partial charge is 0.361 e. The van der Waals surface area contributed by atoms with Crippen molar-refractivity contribution in [2.75, 3.05) is 32.7 Å². The van der Waals surface area contributed by atoms with Gasteiger partial charge in [0.15, 0.2) is 0 Å². The van der Waals surface area contributed by atoms with E-state index in [9.17, 15) is 40.7 Å². The average Bonchev–Trinajstić information content (AvgIpc) is 3.45. The number of fused-ring (bicyclic) bond motifs is 1. The Labute approximate surface area is 274 Å².